The molecule has 0 radical (unpaired) electrons. The molecule has 0 fully saturated rings. The molecule has 0 atom stereocenters. The Labute approximate surface area is 141 Å². The van der Waals surface area contributed by atoms with Crippen molar-refractivity contribution in [1.82, 2.24) is 4.98 Å². The van der Waals surface area contributed by atoms with E-state index in [1.165, 1.54) is 5.56 Å². The van der Waals surface area contributed by atoms with E-state index in [0.717, 1.165) is 38.9 Å². The molecule has 0 bridgehead atoms. The van der Waals surface area contributed by atoms with Crippen molar-refractivity contribution in [3.8, 4) is 11.3 Å². The molecule has 0 aliphatic heterocycles. The number of nitrogens with zero attached hydrogens (tertiary/aromatic N) is 1. The summed E-state index contributed by atoms with van der Waals surface area (Å²) in [5, 5.41) is 0.365. The Morgan fingerprint density at radius 1 is 0.913 bits per heavy atom. The first-order valence-electron chi connectivity index (χ1n) is 7.56. The minimum absolute atomic E-state index is 0.451. The van der Waals surface area contributed by atoms with Crippen molar-refractivity contribution in [3.63, 3.8) is 0 Å². The number of fused-ring (bicyclic) bond motifs is 1. The Hall–Kier alpha value is -2.19. The predicted octanol–water partition coefficient (Wildman–Crippen LogP) is 5.51. The lowest BCUT2D eigenvalue weighted by atomic mass is 9.98. The highest BCUT2D eigenvalue weighted by atomic mass is 35.5. The van der Waals surface area contributed by atoms with Gasteiger partial charge in [0.05, 0.1) is 11.2 Å². The zero-order valence-corrected chi connectivity index (χ0v) is 14.5. The molecule has 0 aliphatic carbocycles. The Morgan fingerprint density at radius 3 is 2.26 bits per heavy atom. The zero-order valence-electron chi connectivity index (χ0n) is 13.7. The molecule has 116 valence electrons. The molecule has 0 aliphatic rings. The number of pyridine rings is 1. The fourth-order valence-corrected chi connectivity index (χ4v) is 3.24. The molecule has 3 aromatic rings. The van der Waals surface area contributed by atoms with E-state index in [-0.39, 0.29) is 0 Å². The van der Waals surface area contributed by atoms with Crippen molar-refractivity contribution in [1.29, 1.82) is 0 Å². The first-order valence-corrected chi connectivity index (χ1v) is 7.94. The van der Waals surface area contributed by atoms with Gasteiger partial charge in [-0.05, 0) is 62.6 Å². The first-order chi connectivity index (χ1) is 10.9. The van der Waals surface area contributed by atoms with Gasteiger partial charge in [-0.2, -0.15) is 0 Å². The third-order valence-electron chi connectivity index (χ3n) is 4.12. The quantitative estimate of drug-likeness (QED) is 0.582. The highest BCUT2D eigenvalue weighted by molar-refractivity contribution is 6.68. The molecule has 3 rings (SSSR count). The van der Waals surface area contributed by atoms with Gasteiger partial charge in [0.1, 0.15) is 0 Å². The third kappa shape index (κ3) is 2.87. The van der Waals surface area contributed by atoms with Crippen LogP contribution in [0.2, 0.25) is 0 Å². The maximum atomic E-state index is 11.9. The van der Waals surface area contributed by atoms with Gasteiger partial charge in [-0.1, -0.05) is 35.4 Å². The summed E-state index contributed by atoms with van der Waals surface area (Å²) in [4.78, 5) is 16.8. The molecule has 0 amide bonds. The Kier molecular flexibility index (Phi) is 3.95. The number of carbonyl (C=O) groups is 1. The lowest BCUT2D eigenvalue weighted by Gasteiger charge is -2.12. The van der Waals surface area contributed by atoms with Crippen molar-refractivity contribution in [3.05, 3.63) is 64.2 Å². The lowest BCUT2D eigenvalue weighted by Crippen LogP contribution is -1.99. The molecule has 0 spiro atoms. The van der Waals surface area contributed by atoms with Gasteiger partial charge in [-0.3, -0.25) is 4.79 Å². The monoisotopic (exact) mass is 323 g/mol. The van der Waals surface area contributed by atoms with Gasteiger partial charge in [0.25, 0.3) is 5.24 Å². The Morgan fingerprint density at radius 2 is 1.61 bits per heavy atom. The minimum atomic E-state index is -0.451. The van der Waals surface area contributed by atoms with E-state index in [1.54, 1.807) is 6.07 Å². The van der Waals surface area contributed by atoms with Crippen LogP contribution in [0.1, 0.15) is 32.6 Å². The number of carbonyl (C=O) groups excluding carboxylic acids is 1. The van der Waals surface area contributed by atoms with Crippen LogP contribution in [0.3, 0.4) is 0 Å². The number of hydrogen-bond acceptors (Lipinski definition) is 2. The Bertz CT molecular complexity index is 944. The number of aryl methyl sites for hydroxylation is 4. The summed E-state index contributed by atoms with van der Waals surface area (Å²) in [5.74, 6) is 0. The Balaban J connectivity index is 2.37. The zero-order chi connectivity index (χ0) is 16.7. The highest BCUT2D eigenvalue weighted by Crippen LogP contribution is 2.30. The van der Waals surface area contributed by atoms with Crippen LogP contribution in [0, 0.1) is 27.7 Å². The largest absolute Gasteiger partial charge is 0.276 e. The average molecular weight is 324 g/mol. The fourth-order valence-electron chi connectivity index (χ4n) is 3.08. The molecule has 0 saturated heterocycles. The van der Waals surface area contributed by atoms with Gasteiger partial charge in [-0.25, -0.2) is 4.98 Å². The van der Waals surface area contributed by atoms with Crippen molar-refractivity contribution in [2.75, 3.05) is 0 Å². The van der Waals surface area contributed by atoms with Crippen molar-refractivity contribution >= 4 is 27.7 Å². The molecule has 2 aromatic carbocycles. The molecule has 1 heterocycles. The maximum Gasteiger partial charge on any atom is 0.253 e. The number of hydrogen-bond donors (Lipinski definition) is 0. The summed E-state index contributed by atoms with van der Waals surface area (Å²) in [6.45, 7) is 8.13. The number of halogens is 1. The van der Waals surface area contributed by atoms with Crippen LogP contribution in [0.4, 0.5) is 0 Å². The van der Waals surface area contributed by atoms with Crippen LogP contribution in [0.15, 0.2) is 36.4 Å². The topological polar surface area (TPSA) is 30.0 Å². The van der Waals surface area contributed by atoms with Gasteiger partial charge < -0.3 is 0 Å². The van der Waals surface area contributed by atoms with E-state index in [2.05, 4.69) is 32.0 Å². The maximum absolute atomic E-state index is 11.9. The summed E-state index contributed by atoms with van der Waals surface area (Å²) in [7, 11) is 0. The normalized spacial score (nSPS) is 11.0. The second-order valence-electron chi connectivity index (χ2n) is 6.13. The second kappa shape index (κ2) is 5.78. The van der Waals surface area contributed by atoms with Gasteiger partial charge in [0, 0.05) is 16.5 Å². The van der Waals surface area contributed by atoms with E-state index in [1.807, 2.05) is 26.0 Å². The van der Waals surface area contributed by atoms with Crippen molar-refractivity contribution < 1.29 is 4.79 Å². The van der Waals surface area contributed by atoms with Crippen molar-refractivity contribution in [2.45, 2.75) is 27.7 Å². The summed E-state index contributed by atoms with van der Waals surface area (Å²) < 4.78 is 0. The first kappa shape index (κ1) is 15.7. The van der Waals surface area contributed by atoms with Crippen LogP contribution in [0.5, 0.6) is 0 Å². The summed E-state index contributed by atoms with van der Waals surface area (Å²) in [5.41, 5.74) is 7.63. The number of rotatable bonds is 2. The molecule has 0 unspecified atom stereocenters. The van der Waals surface area contributed by atoms with Crippen LogP contribution >= 0.6 is 11.6 Å². The fraction of sp³-hybridized carbons (Fsp3) is 0.200. The molecule has 1 aromatic heterocycles. The molecular weight excluding hydrogens is 306 g/mol. The van der Waals surface area contributed by atoms with Crippen LogP contribution in [0.25, 0.3) is 22.2 Å². The van der Waals surface area contributed by atoms with Gasteiger partial charge in [0.15, 0.2) is 0 Å². The minimum Gasteiger partial charge on any atom is -0.276 e. The van der Waals surface area contributed by atoms with Crippen LogP contribution in [-0.2, 0) is 0 Å². The molecule has 2 nitrogen and oxygen atoms in total. The van der Waals surface area contributed by atoms with E-state index in [4.69, 9.17) is 16.6 Å². The lowest BCUT2D eigenvalue weighted by molar-refractivity contribution is 0.108. The summed E-state index contributed by atoms with van der Waals surface area (Å²) in [6, 6.07) is 12.1. The number of aromatic nitrogens is 1. The standard InChI is InChI=1S/C20H18ClNO/c1-11-5-6-15(13(3)7-11)18-10-17(20(21)23)16-9-12(2)8-14(4)19(16)22-18/h5-10H,1-4H3. The van der Waals surface area contributed by atoms with Crippen LogP contribution < -0.4 is 0 Å². The summed E-state index contributed by atoms with van der Waals surface area (Å²) in [6.07, 6.45) is 0. The van der Waals surface area contributed by atoms with Gasteiger partial charge in [-0.15, -0.1) is 0 Å². The molecule has 0 saturated carbocycles. The number of benzene rings is 2. The van der Waals surface area contributed by atoms with Crippen molar-refractivity contribution in [2.24, 2.45) is 0 Å². The van der Waals surface area contributed by atoms with E-state index in [9.17, 15) is 4.79 Å². The average Bonchev–Trinajstić information content (AvgIpc) is 2.46. The van der Waals surface area contributed by atoms with E-state index >= 15 is 0 Å². The predicted molar refractivity (Wildman–Crippen MR) is 96.3 cm³/mol. The SMILES string of the molecule is Cc1ccc(-c2cc(C(=O)Cl)c3cc(C)cc(C)c3n2)c(C)c1. The van der Waals surface area contributed by atoms with E-state index in [0.29, 0.717) is 5.56 Å². The smallest absolute Gasteiger partial charge is 0.253 e. The van der Waals surface area contributed by atoms with Crippen LogP contribution in [-0.4, -0.2) is 10.2 Å². The summed E-state index contributed by atoms with van der Waals surface area (Å²) >= 11 is 5.84. The third-order valence-corrected chi connectivity index (χ3v) is 4.32. The van der Waals surface area contributed by atoms with Gasteiger partial charge in [0.2, 0.25) is 0 Å². The second-order valence-corrected chi connectivity index (χ2v) is 6.47. The van der Waals surface area contributed by atoms with Gasteiger partial charge >= 0.3 is 0 Å². The highest BCUT2D eigenvalue weighted by Gasteiger charge is 2.15. The molecule has 23 heavy (non-hydrogen) atoms. The molecule has 3 heteroatoms. The van der Waals surface area contributed by atoms with E-state index < -0.39 is 5.24 Å². The molecule has 0 N–H and O–H groups in total. The molecular formula is C20H18ClNO.